The van der Waals surface area contributed by atoms with Crippen LogP contribution in [0.15, 0.2) is 60.8 Å². The summed E-state index contributed by atoms with van der Waals surface area (Å²) in [5.41, 5.74) is 7.70. The van der Waals surface area contributed by atoms with Gasteiger partial charge in [-0.2, -0.15) is 0 Å². The largest absolute Gasteiger partial charge is 0.447 e. The highest BCUT2D eigenvalue weighted by Crippen LogP contribution is 2.33. The highest BCUT2D eigenvalue weighted by atomic mass is 16.5. The number of carbonyl (C=O) groups excluding carboxylic acids is 3. The minimum absolute atomic E-state index is 0.0858. The van der Waals surface area contributed by atoms with E-state index in [1.807, 2.05) is 30.3 Å². The molecule has 0 spiro atoms. The molecule has 6 nitrogen and oxygen atoms in total. The van der Waals surface area contributed by atoms with Gasteiger partial charge in [-0.05, 0) is 17.2 Å². The van der Waals surface area contributed by atoms with Gasteiger partial charge in [0.1, 0.15) is 0 Å². The zero-order valence-electron chi connectivity index (χ0n) is 14.9. The van der Waals surface area contributed by atoms with Crippen molar-refractivity contribution in [1.29, 1.82) is 0 Å². The van der Waals surface area contributed by atoms with Crippen LogP contribution in [0.2, 0.25) is 0 Å². The van der Waals surface area contributed by atoms with Gasteiger partial charge in [-0.15, -0.1) is 0 Å². The summed E-state index contributed by atoms with van der Waals surface area (Å²) >= 11 is 0. The lowest BCUT2D eigenvalue weighted by Crippen LogP contribution is -2.33. The Labute approximate surface area is 157 Å². The Morgan fingerprint density at radius 2 is 1.74 bits per heavy atom. The predicted molar refractivity (Wildman–Crippen MR) is 99.8 cm³/mol. The van der Waals surface area contributed by atoms with Crippen LogP contribution in [0.4, 0.5) is 0 Å². The molecule has 0 fully saturated rings. The number of amides is 2. The Morgan fingerprint density at radius 3 is 2.41 bits per heavy atom. The first-order chi connectivity index (χ1) is 13.0. The van der Waals surface area contributed by atoms with Crippen molar-refractivity contribution in [2.75, 3.05) is 0 Å². The lowest BCUT2D eigenvalue weighted by Gasteiger charge is -2.32. The second kappa shape index (κ2) is 7.86. The fraction of sp³-hybridized carbons (Fsp3) is 0.190. The summed E-state index contributed by atoms with van der Waals surface area (Å²) in [6.07, 6.45) is 2.23. The zero-order chi connectivity index (χ0) is 19.4. The number of nitrogens with zero attached hydrogens (tertiary/aromatic N) is 1. The number of fused-ring (bicyclic) bond motifs is 1. The SMILES string of the molecule is CC(=O)N1C=Cc2ccccc2C1CC(=O)OC(C(N)=O)c1ccccc1. The highest BCUT2D eigenvalue weighted by molar-refractivity contribution is 5.84. The highest BCUT2D eigenvalue weighted by Gasteiger charge is 2.31. The number of primary amides is 1. The van der Waals surface area contributed by atoms with Gasteiger partial charge < -0.3 is 15.4 Å². The molecule has 1 aliphatic rings. The van der Waals surface area contributed by atoms with E-state index in [-0.39, 0.29) is 12.3 Å². The monoisotopic (exact) mass is 364 g/mol. The summed E-state index contributed by atoms with van der Waals surface area (Å²) in [6.45, 7) is 1.44. The second-order valence-corrected chi connectivity index (χ2v) is 6.27. The van der Waals surface area contributed by atoms with Crippen LogP contribution in [0.1, 0.15) is 42.2 Å². The molecule has 0 radical (unpaired) electrons. The quantitative estimate of drug-likeness (QED) is 0.826. The van der Waals surface area contributed by atoms with Gasteiger partial charge in [0.25, 0.3) is 5.91 Å². The summed E-state index contributed by atoms with van der Waals surface area (Å²) in [5, 5.41) is 0. The normalized spacial score (nSPS) is 16.3. The molecule has 2 amide bonds. The van der Waals surface area contributed by atoms with Gasteiger partial charge in [0.05, 0.1) is 12.5 Å². The van der Waals surface area contributed by atoms with Crippen LogP contribution in [-0.2, 0) is 19.1 Å². The average molecular weight is 364 g/mol. The van der Waals surface area contributed by atoms with Crippen molar-refractivity contribution in [1.82, 2.24) is 4.90 Å². The van der Waals surface area contributed by atoms with Gasteiger partial charge in [-0.3, -0.25) is 14.4 Å². The van der Waals surface area contributed by atoms with Crippen molar-refractivity contribution in [2.45, 2.75) is 25.5 Å². The van der Waals surface area contributed by atoms with Crippen molar-refractivity contribution >= 4 is 23.9 Å². The summed E-state index contributed by atoms with van der Waals surface area (Å²) in [4.78, 5) is 37.8. The molecule has 27 heavy (non-hydrogen) atoms. The molecule has 3 rings (SSSR count). The first-order valence-corrected chi connectivity index (χ1v) is 8.57. The zero-order valence-corrected chi connectivity index (χ0v) is 14.9. The lowest BCUT2D eigenvalue weighted by atomic mass is 9.94. The summed E-state index contributed by atoms with van der Waals surface area (Å²) in [6, 6.07) is 15.6. The molecule has 2 aromatic rings. The van der Waals surface area contributed by atoms with Crippen molar-refractivity contribution in [2.24, 2.45) is 5.73 Å². The number of rotatable bonds is 5. The molecule has 0 saturated heterocycles. The first-order valence-electron chi connectivity index (χ1n) is 8.57. The Balaban J connectivity index is 1.82. The Bertz CT molecular complexity index is 892. The van der Waals surface area contributed by atoms with Gasteiger partial charge in [0.15, 0.2) is 0 Å². The second-order valence-electron chi connectivity index (χ2n) is 6.27. The third-order valence-corrected chi connectivity index (χ3v) is 4.44. The van der Waals surface area contributed by atoms with E-state index in [1.165, 1.54) is 11.8 Å². The van der Waals surface area contributed by atoms with E-state index < -0.39 is 24.0 Å². The van der Waals surface area contributed by atoms with Gasteiger partial charge in [-0.25, -0.2) is 0 Å². The van der Waals surface area contributed by atoms with Gasteiger partial charge in [-0.1, -0.05) is 54.6 Å². The van der Waals surface area contributed by atoms with Crippen molar-refractivity contribution in [3.63, 3.8) is 0 Å². The van der Waals surface area contributed by atoms with Gasteiger partial charge in [0, 0.05) is 18.7 Å². The lowest BCUT2D eigenvalue weighted by molar-refractivity contribution is -0.156. The van der Waals surface area contributed by atoms with Crippen LogP contribution >= 0.6 is 0 Å². The van der Waals surface area contributed by atoms with Gasteiger partial charge in [0.2, 0.25) is 12.0 Å². The van der Waals surface area contributed by atoms with Crippen LogP contribution in [0.25, 0.3) is 6.08 Å². The van der Waals surface area contributed by atoms with E-state index in [1.54, 1.807) is 36.5 Å². The molecule has 0 saturated carbocycles. The molecule has 2 N–H and O–H groups in total. The fourth-order valence-corrected chi connectivity index (χ4v) is 3.17. The van der Waals surface area contributed by atoms with Crippen LogP contribution in [0.5, 0.6) is 0 Å². The number of ether oxygens (including phenoxy) is 1. The van der Waals surface area contributed by atoms with Crippen LogP contribution in [0.3, 0.4) is 0 Å². The van der Waals surface area contributed by atoms with Crippen molar-refractivity contribution in [3.8, 4) is 0 Å². The molecule has 2 unspecified atom stereocenters. The average Bonchev–Trinajstić information content (AvgIpc) is 2.66. The number of hydrogen-bond donors (Lipinski definition) is 1. The Hall–Kier alpha value is -3.41. The third kappa shape index (κ3) is 4.06. The van der Waals surface area contributed by atoms with Crippen molar-refractivity contribution in [3.05, 3.63) is 77.5 Å². The smallest absolute Gasteiger partial charge is 0.309 e. The van der Waals surface area contributed by atoms with E-state index in [4.69, 9.17) is 10.5 Å². The maximum atomic E-state index is 12.6. The molecule has 2 atom stereocenters. The molecule has 138 valence electrons. The van der Waals surface area contributed by atoms with E-state index in [0.717, 1.165) is 11.1 Å². The third-order valence-electron chi connectivity index (χ3n) is 4.44. The number of hydrogen-bond acceptors (Lipinski definition) is 4. The molecule has 1 aliphatic heterocycles. The minimum Gasteiger partial charge on any atom is -0.447 e. The maximum absolute atomic E-state index is 12.6. The maximum Gasteiger partial charge on any atom is 0.309 e. The van der Waals surface area contributed by atoms with E-state index in [2.05, 4.69) is 0 Å². The Kier molecular flexibility index (Phi) is 5.35. The molecule has 2 aromatic carbocycles. The molecule has 6 heteroatoms. The van der Waals surface area contributed by atoms with Crippen LogP contribution < -0.4 is 5.73 Å². The predicted octanol–water partition coefficient (Wildman–Crippen LogP) is 2.72. The standard InChI is InChI=1S/C21H20N2O4/c1-14(24)23-12-11-15-7-5-6-10-17(15)18(23)13-19(25)27-20(21(22)26)16-8-3-2-4-9-16/h2-12,18,20H,13H2,1H3,(H2,22,26). The first kappa shape index (κ1) is 18.4. The molecule has 1 heterocycles. The van der Waals surface area contributed by atoms with Crippen LogP contribution in [-0.4, -0.2) is 22.7 Å². The topological polar surface area (TPSA) is 89.7 Å². The summed E-state index contributed by atoms with van der Waals surface area (Å²) < 4.78 is 5.37. The number of carbonyl (C=O) groups is 3. The molecule has 0 aromatic heterocycles. The van der Waals surface area contributed by atoms with E-state index in [9.17, 15) is 14.4 Å². The summed E-state index contributed by atoms with van der Waals surface area (Å²) in [7, 11) is 0. The fourth-order valence-electron chi connectivity index (χ4n) is 3.17. The number of nitrogens with two attached hydrogens (primary N) is 1. The molecule has 0 aliphatic carbocycles. The summed E-state index contributed by atoms with van der Waals surface area (Å²) in [5.74, 6) is -1.54. The number of benzene rings is 2. The van der Waals surface area contributed by atoms with Gasteiger partial charge >= 0.3 is 5.97 Å². The minimum atomic E-state index is -1.17. The Morgan fingerprint density at radius 1 is 1.07 bits per heavy atom. The van der Waals surface area contributed by atoms with E-state index in [0.29, 0.717) is 5.56 Å². The van der Waals surface area contributed by atoms with Crippen molar-refractivity contribution < 1.29 is 19.1 Å². The number of esters is 1. The van der Waals surface area contributed by atoms with Crippen LogP contribution in [0, 0.1) is 0 Å². The molecular formula is C21H20N2O4. The van der Waals surface area contributed by atoms with E-state index >= 15 is 0 Å². The molecule has 0 bridgehead atoms. The molecular weight excluding hydrogens is 344 g/mol.